The molecule has 0 aliphatic carbocycles. The van der Waals surface area contributed by atoms with E-state index in [0.717, 1.165) is 12.8 Å². The van der Waals surface area contributed by atoms with Crippen LogP contribution in [0.1, 0.15) is 25.7 Å². The van der Waals surface area contributed by atoms with E-state index < -0.39 is 28.5 Å². The summed E-state index contributed by atoms with van der Waals surface area (Å²) >= 11 is 0. The smallest absolute Gasteiger partial charge is 0.309 e. The topological polar surface area (TPSA) is 130 Å². The lowest BCUT2D eigenvalue weighted by Crippen LogP contribution is -2.52. The van der Waals surface area contributed by atoms with Gasteiger partial charge >= 0.3 is 16.4 Å². The van der Waals surface area contributed by atoms with E-state index >= 15 is 0 Å². The van der Waals surface area contributed by atoms with E-state index in [0.29, 0.717) is 31.1 Å². The fraction of sp³-hybridized carbons (Fsp3) is 0.562. The van der Waals surface area contributed by atoms with Gasteiger partial charge in [0.25, 0.3) is 5.91 Å². The van der Waals surface area contributed by atoms with Crippen molar-refractivity contribution in [2.45, 2.75) is 37.8 Å². The molecule has 12 heteroatoms. The van der Waals surface area contributed by atoms with Gasteiger partial charge < -0.3 is 4.90 Å². The highest BCUT2D eigenvalue weighted by Crippen LogP contribution is 2.31. The molecule has 154 valence electrons. The molecule has 0 saturated carbocycles. The quantitative estimate of drug-likeness (QED) is 0.713. The minimum absolute atomic E-state index is 0.179. The molecule has 11 nitrogen and oxygen atoms in total. The number of hydrogen-bond acceptors (Lipinski definition) is 7. The van der Waals surface area contributed by atoms with Gasteiger partial charge in [0, 0.05) is 25.5 Å². The van der Waals surface area contributed by atoms with E-state index in [-0.39, 0.29) is 12.5 Å². The van der Waals surface area contributed by atoms with E-state index in [4.69, 9.17) is 9.39 Å². The number of piperidine rings is 1. The summed E-state index contributed by atoms with van der Waals surface area (Å²) < 4.78 is 34.7. The molecule has 3 fully saturated rings. The molecule has 3 saturated heterocycles. The Labute approximate surface area is 162 Å². The van der Waals surface area contributed by atoms with Crippen molar-refractivity contribution in [3.63, 3.8) is 0 Å². The minimum Gasteiger partial charge on any atom is -0.309 e. The molecular formula is C16H22N4O7S. The van der Waals surface area contributed by atoms with Crippen LogP contribution in [-0.2, 0) is 24.3 Å². The number of carbonyl (C=O) groups is 2. The van der Waals surface area contributed by atoms with Gasteiger partial charge in [0.15, 0.2) is 0 Å². The van der Waals surface area contributed by atoms with Gasteiger partial charge in [0.05, 0.1) is 12.6 Å². The minimum atomic E-state index is -4.78. The maximum atomic E-state index is 12.5. The van der Waals surface area contributed by atoms with Gasteiger partial charge in [0.1, 0.15) is 6.04 Å². The molecule has 2 atom stereocenters. The second kappa shape index (κ2) is 8.82. The van der Waals surface area contributed by atoms with Gasteiger partial charge in [-0.2, -0.15) is 13.5 Å². The number of amides is 3. The number of fused-ring (bicyclic) bond motifs is 2. The van der Waals surface area contributed by atoms with E-state index in [1.54, 1.807) is 12.4 Å². The molecule has 4 rings (SSSR count). The Balaban J connectivity index is 0.000000320. The maximum Gasteiger partial charge on any atom is 0.418 e. The number of rotatable bonds is 3. The average Bonchev–Trinajstić information content (AvgIpc) is 2.94. The van der Waals surface area contributed by atoms with Crippen LogP contribution >= 0.6 is 0 Å². The average molecular weight is 414 g/mol. The van der Waals surface area contributed by atoms with E-state index in [1.165, 1.54) is 9.96 Å². The van der Waals surface area contributed by atoms with Crippen LogP contribution in [0.3, 0.4) is 0 Å². The monoisotopic (exact) mass is 414 g/mol. The number of urea groups is 1. The molecule has 0 aromatic carbocycles. The van der Waals surface area contributed by atoms with Gasteiger partial charge in [-0.25, -0.2) is 9.86 Å². The lowest BCUT2D eigenvalue weighted by atomic mass is 10.00. The fourth-order valence-electron chi connectivity index (χ4n) is 3.34. The molecule has 0 spiro atoms. The van der Waals surface area contributed by atoms with Crippen LogP contribution in [0.5, 0.6) is 0 Å². The molecule has 1 aromatic rings. The van der Waals surface area contributed by atoms with Gasteiger partial charge in [-0.1, -0.05) is 6.07 Å². The number of aromatic nitrogens is 1. The zero-order valence-electron chi connectivity index (χ0n) is 15.1. The van der Waals surface area contributed by atoms with E-state index in [9.17, 15) is 18.0 Å². The molecule has 0 radical (unpaired) electrons. The molecular weight excluding hydrogens is 392 g/mol. The van der Waals surface area contributed by atoms with Crippen LogP contribution in [0, 0.1) is 0 Å². The molecule has 3 aliphatic heterocycles. The van der Waals surface area contributed by atoms with E-state index in [1.807, 2.05) is 18.2 Å². The SMILES string of the molecule is O=C([C@@H]1CC[C@@H]2CN1C(=O)N2OS(=O)(=O)O)N1CCCCO1.c1ccncc1. The summed E-state index contributed by atoms with van der Waals surface area (Å²) in [6.45, 7) is 1.12. The lowest BCUT2D eigenvalue weighted by Gasteiger charge is -2.34. The first kappa shape index (κ1) is 20.5. The number of hydroxylamine groups is 4. The molecule has 1 N–H and O–H groups in total. The lowest BCUT2D eigenvalue weighted by molar-refractivity contribution is -0.201. The number of nitrogens with zero attached hydrogens (tertiary/aromatic N) is 4. The molecule has 3 amide bonds. The molecule has 3 aliphatic rings. The molecule has 4 heterocycles. The number of hydrogen-bond donors (Lipinski definition) is 1. The zero-order chi connectivity index (χ0) is 20.1. The summed E-state index contributed by atoms with van der Waals surface area (Å²) in [5, 5.41) is 1.90. The van der Waals surface area contributed by atoms with Crippen LogP contribution in [0.4, 0.5) is 4.79 Å². The zero-order valence-corrected chi connectivity index (χ0v) is 15.9. The molecule has 1 aromatic heterocycles. The first-order valence-corrected chi connectivity index (χ1v) is 10.3. The summed E-state index contributed by atoms with van der Waals surface area (Å²) in [7, 11) is -4.78. The molecule has 2 bridgehead atoms. The van der Waals surface area contributed by atoms with Crippen molar-refractivity contribution in [1.29, 1.82) is 0 Å². The van der Waals surface area contributed by atoms with Crippen LogP contribution in [0.2, 0.25) is 0 Å². The van der Waals surface area contributed by atoms with E-state index in [2.05, 4.69) is 9.27 Å². The third-order valence-corrected chi connectivity index (χ3v) is 4.95. The van der Waals surface area contributed by atoms with Crippen LogP contribution in [0.25, 0.3) is 0 Å². The maximum absolute atomic E-state index is 12.5. The summed E-state index contributed by atoms with van der Waals surface area (Å²) in [6, 6.07) is 3.78. The molecule has 0 unspecified atom stereocenters. The van der Waals surface area contributed by atoms with Crippen molar-refractivity contribution in [1.82, 2.24) is 20.0 Å². The van der Waals surface area contributed by atoms with Crippen molar-refractivity contribution in [2.75, 3.05) is 19.7 Å². The van der Waals surface area contributed by atoms with Crippen LogP contribution < -0.4 is 0 Å². The summed E-state index contributed by atoms with van der Waals surface area (Å²) in [4.78, 5) is 35.0. The number of carbonyl (C=O) groups excluding carboxylic acids is 2. The summed E-state index contributed by atoms with van der Waals surface area (Å²) in [6.07, 6.45) is 6.02. The first-order chi connectivity index (χ1) is 13.4. The Morgan fingerprint density at radius 1 is 1.21 bits per heavy atom. The molecule has 28 heavy (non-hydrogen) atoms. The Morgan fingerprint density at radius 2 is 1.96 bits per heavy atom. The largest absolute Gasteiger partial charge is 0.418 e. The first-order valence-electron chi connectivity index (χ1n) is 8.93. The normalized spacial score (nSPS) is 24.6. The predicted molar refractivity (Wildman–Crippen MR) is 94.5 cm³/mol. The summed E-state index contributed by atoms with van der Waals surface area (Å²) in [5.74, 6) is -0.305. The standard InChI is InChI=1S/C11H17N3O7S.C5H5N/c15-10(13-5-1-2-6-20-13)9-4-3-8-7-12(9)11(16)14(8)21-22(17,18)19;1-2-4-6-5-3-1/h8-9H,1-7H2,(H,17,18,19);1-5H/t8-,9+;/m1./s1. The van der Waals surface area contributed by atoms with Gasteiger partial charge in [-0.3, -0.25) is 19.2 Å². The second-order valence-electron chi connectivity index (χ2n) is 6.52. The van der Waals surface area contributed by atoms with Crippen molar-refractivity contribution in [3.05, 3.63) is 30.6 Å². The van der Waals surface area contributed by atoms with Gasteiger partial charge in [-0.05, 0) is 37.8 Å². The van der Waals surface area contributed by atoms with Crippen molar-refractivity contribution >= 4 is 22.3 Å². The second-order valence-corrected chi connectivity index (χ2v) is 7.52. The Morgan fingerprint density at radius 3 is 2.50 bits per heavy atom. The highest BCUT2D eigenvalue weighted by Gasteiger charge is 2.50. The van der Waals surface area contributed by atoms with Gasteiger partial charge in [-0.15, -0.1) is 4.28 Å². The Hall–Kier alpha value is -2.28. The van der Waals surface area contributed by atoms with Gasteiger partial charge in [0.2, 0.25) is 0 Å². The fourth-order valence-corrected chi connectivity index (χ4v) is 3.73. The predicted octanol–water partition coefficient (Wildman–Crippen LogP) is 0.625. The van der Waals surface area contributed by atoms with Crippen molar-refractivity contribution < 1.29 is 31.7 Å². The van der Waals surface area contributed by atoms with Crippen molar-refractivity contribution in [2.24, 2.45) is 0 Å². The van der Waals surface area contributed by atoms with Crippen LogP contribution in [-0.4, -0.2) is 76.7 Å². The third kappa shape index (κ3) is 4.95. The Bertz CT molecular complexity index is 759. The summed E-state index contributed by atoms with van der Waals surface area (Å²) in [5.41, 5.74) is 0. The highest BCUT2D eigenvalue weighted by molar-refractivity contribution is 7.80. The Kier molecular flexibility index (Phi) is 6.44. The van der Waals surface area contributed by atoms with Crippen molar-refractivity contribution in [3.8, 4) is 0 Å². The highest BCUT2D eigenvalue weighted by atomic mass is 32.3. The third-order valence-electron chi connectivity index (χ3n) is 4.60. The number of pyridine rings is 1. The van der Waals surface area contributed by atoms with Crippen LogP contribution in [0.15, 0.2) is 30.6 Å².